The summed E-state index contributed by atoms with van der Waals surface area (Å²) < 4.78 is 39.8. The lowest BCUT2D eigenvalue weighted by atomic mass is 10.2. The number of fused-ring (bicyclic) bond motifs is 1. The number of sulfone groups is 1. The number of aromatic nitrogens is 4. The maximum atomic E-state index is 14.0. The smallest absolute Gasteiger partial charge is 0.237 e. The summed E-state index contributed by atoms with van der Waals surface area (Å²) in [7, 11) is -3.55. The Morgan fingerprint density at radius 1 is 1.13 bits per heavy atom. The minimum absolute atomic E-state index is 0.175. The molecule has 4 aromatic rings. The molecule has 8 nitrogen and oxygen atoms in total. The number of benzene rings is 2. The molecule has 0 fully saturated rings. The molecule has 0 unspecified atom stereocenters. The molecule has 0 saturated carbocycles. The second kappa shape index (κ2) is 7.62. The minimum Gasteiger partial charge on any atom is -0.384 e. The zero-order chi connectivity index (χ0) is 22.3. The first-order valence-corrected chi connectivity index (χ1v) is 11.1. The average Bonchev–Trinajstić information content (AvgIpc) is 3.12. The molecule has 0 saturated heterocycles. The molecule has 3 N–H and O–H groups in total. The van der Waals surface area contributed by atoms with Crippen LogP contribution in [-0.2, 0) is 9.84 Å². The number of anilines is 4. The molecule has 0 aliphatic carbocycles. The van der Waals surface area contributed by atoms with Gasteiger partial charge >= 0.3 is 0 Å². The van der Waals surface area contributed by atoms with E-state index in [9.17, 15) is 12.8 Å². The molecule has 4 rings (SSSR count). The SMILES string of the molecule is Cc1ccc(N(c2nccc(N)n2)c2n[nH]c3ccc(F)cc23)cc1S(=O)(=O)C(C)C. The molecule has 31 heavy (non-hydrogen) atoms. The van der Waals surface area contributed by atoms with Crippen molar-refractivity contribution in [2.24, 2.45) is 0 Å². The van der Waals surface area contributed by atoms with Crippen molar-refractivity contribution in [1.82, 2.24) is 20.2 Å². The van der Waals surface area contributed by atoms with Gasteiger partial charge in [-0.2, -0.15) is 10.1 Å². The first-order chi connectivity index (χ1) is 14.7. The van der Waals surface area contributed by atoms with Crippen LogP contribution in [0.2, 0.25) is 0 Å². The van der Waals surface area contributed by atoms with E-state index in [0.29, 0.717) is 28.0 Å². The van der Waals surface area contributed by atoms with Crippen LogP contribution in [0.5, 0.6) is 0 Å². The number of nitrogen functional groups attached to an aromatic ring is 1. The van der Waals surface area contributed by atoms with Gasteiger partial charge in [0.05, 0.1) is 21.3 Å². The van der Waals surface area contributed by atoms with Gasteiger partial charge < -0.3 is 5.73 Å². The average molecular weight is 441 g/mol. The van der Waals surface area contributed by atoms with Crippen LogP contribution in [-0.4, -0.2) is 33.8 Å². The van der Waals surface area contributed by atoms with Gasteiger partial charge in [-0.3, -0.25) is 10.00 Å². The predicted octanol–water partition coefficient (Wildman–Crippen LogP) is 4.03. The normalized spacial score (nSPS) is 11.9. The fourth-order valence-corrected chi connectivity index (χ4v) is 4.54. The Kier molecular flexibility index (Phi) is 5.10. The van der Waals surface area contributed by atoms with Crippen molar-refractivity contribution >= 4 is 44.0 Å². The summed E-state index contributed by atoms with van der Waals surface area (Å²) in [5.41, 5.74) is 7.54. The largest absolute Gasteiger partial charge is 0.384 e. The van der Waals surface area contributed by atoms with Crippen molar-refractivity contribution in [3.05, 3.63) is 60.0 Å². The molecule has 0 aliphatic rings. The Labute approximate surface area is 178 Å². The minimum atomic E-state index is -3.55. The van der Waals surface area contributed by atoms with Gasteiger partial charge in [0, 0.05) is 11.6 Å². The van der Waals surface area contributed by atoms with Crippen molar-refractivity contribution in [3.63, 3.8) is 0 Å². The Morgan fingerprint density at radius 3 is 2.61 bits per heavy atom. The lowest BCUT2D eigenvalue weighted by Gasteiger charge is -2.22. The maximum absolute atomic E-state index is 14.0. The second-order valence-electron chi connectivity index (χ2n) is 7.40. The summed E-state index contributed by atoms with van der Waals surface area (Å²) in [6.45, 7) is 4.99. The fraction of sp³-hybridized carbons (Fsp3) is 0.190. The van der Waals surface area contributed by atoms with Gasteiger partial charge in [0.1, 0.15) is 11.6 Å². The van der Waals surface area contributed by atoms with E-state index in [-0.39, 0.29) is 16.7 Å². The number of halogens is 1. The van der Waals surface area contributed by atoms with Crippen LogP contribution in [0.25, 0.3) is 10.9 Å². The molecule has 0 atom stereocenters. The molecule has 160 valence electrons. The number of nitrogens with two attached hydrogens (primary N) is 1. The Morgan fingerprint density at radius 2 is 1.90 bits per heavy atom. The Hall–Kier alpha value is -3.53. The van der Waals surface area contributed by atoms with Crippen LogP contribution in [0.4, 0.5) is 27.7 Å². The number of nitrogens with one attached hydrogen (secondary N) is 1. The van der Waals surface area contributed by atoms with Gasteiger partial charge in [-0.25, -0.2) is 17.8 Å². The molecule has 0 bridgehead atoms. The molecular formula is C21H21FN6O2S. The lowest BCUT2D eigenvalue weighted by molar-refractivity contribution is 0.587. The Bertz CT molecular complexity index is 1380. The number of H-pyrrole nitrogens is 1. The molecule has 10 heteroatoms. The fourth-order valence-electron chi connectivity index (χ4n) is 3.23. The van der Waals surface area contributed by atoms with Crippen molar-refractivity contribution in [2.45, 2.75) is 30.9 Å². The number of nitrogens with zero attached hydrogens (tertiary/aromatic N) is 4. The van der Waals surface area contributed by atoms with Gasteiger partial charge in [0.25, 0.3) is 0 Å². The van der Waals surface area contributed by atoms with Gasteiger partial charge in [-0.1, -0.05) is 6.07 Å². The summed E-state index contributed by atoms with van der Waals surface area (Å²) in [5.74, 6) is 0.282. The van der Waals surface area contributed by atoms with E-state index in [1.54, 1.807) is 49.9 Å². The van der Waals surface area contributed by atoms with Crippen molar-refractivity contribution in [1.29, 1.82) is 0 Å². The van der Waals surface area contributed by atoms with Crippen LogP contribution in [0.1, 0.15) is 19.4 Å². The number of rotatable bonds is 5. The summed E-state index contributed by atoms with van der Waals surface area (Å²) in [6, 6.07) is 10.8. The lowest BCUT2D eigenvalue weighted by Crippen LogP contribution is -2.18. The molecule has 0 amide bonds. The second-order valence-corrected chi connectivity index (χ2v) is 9.87. The number of hydrogen-bond acceptors (Lipinski definition) is 7. The van der Waals surface area contributed by atoms with Gasteiger partial charge in [-0.15, -0.1) is 0 Å². The number of aromatic amines is 1. The third-order valence-corrected chi connectivity index (χ3v) is 7.23. The molecule has 0 aliphatic heterocycles. The van der Waals surface area contributed by atoms with Crippen LogP contribution in [0.3, 0.4) is 0 Å². The zero-order valence-electron chi connectivity index (χ0n) is 17.2. The van der Waals surface area contributed by atoms with Crippen LogP contribution < -0.4 is 10.6 Å². The van der Waals surface area contributed by atoms with Crippen LogP contribution in [0, 0.1) is 12.7 Å². The van der Waals surface area contributed by atoms with Gasteiger partial charge in [0.2, 0.25) is 5.95 Å². The molecule has 0 radical (unpaired) electrons. The van der Waals surface area contributed by atoms with E-state index in [1.807, 2.05) is 0 Å². The third kappa shape index (κ3) is 3.70. The molecule has 2 aromatic heterocycles. The van der Waals surface area contributed by atoms with Crippen molar-refractivity contribution in [2.75, 3.05) is 10.6 Å². The third-order valence-electron chi connectivity index (χ3n) is 4.94. The van der Waals surface area contributed by atoms with Crippen molar-refractivity contribution < 1.29 is 12.8 Å². The monoisotopic (exact) mass is 440 g/mol. The highest BCUT2D eigenvalue weighted by atomic mass is 32.2. The predicted molar refractivity (Wildman–Crippen MR) is 118 cm³/mol. The van der Waals surface area contributed by atoms with E-state index in [2.05, 4.69) is 20.2 Å². The first kappa shape index (κ1) is 20.7. The van der Waals surface area contributed by atoms with Crippen molar-refractivity contribution in [3.8, 4) is 0 Å². The standard InChI is InChI=1S/C21H21FN6O2S/c1-12(2)31(29,30)18-11-15(6-4-13(18)3)28(21-24-9-8-19(23)25-21)20-16-10-14(22)5-7-17(16)26-27-20/h4-12H,1-3H3,(H,26,27)(H2,23,24,25). The van der Waals surface area contributed by atoms with E-state index < -0.39 is 20.9 Å². The quantitative estimate of drug-likeness (QED) is 0.481. The maximum Gasteiger partial charge on any atom is 0.237 e. The zero-order valence-corrected chi connectivity index (χ0v) is 18.0. The number of hydrogen-bond donors (Lipinski definition) is 2. The highest BCUT2D eigenvalue weighted by Gasteiger charge is 2.26. The van der Waals surface area contributed by atoms with E-state index in [4.69, 9.17) is 5.73 Å². The van der Waals surface area contributed by atoms with E-state index >= 15 is 0 Å². The summed E-state index contributed by atoms with van der Waals surface area (Å²) >= 11 is 0. The summed E-state index contributed by atoms with van der Waals surface area (Å²) in [5, 5.41) is 7.08. The first-order valence-electron chi connectivity index (χ1n) is 9.55. The molecule has 2 aromatic carbocycles. The van der Waals surface area contributed by atoms with E-state index in [0.717, 1.165) is 0 Å². The highest BCUT2D eigenvalue weighted by molar-refractivity contribution is 7.92. The summed E-state index contributed by atoms with van der Waals surface area (Å²) in [6.07, 6.45) is 1.49. The van der Waals surface area contributed by atoms with Crippen LogP contribution in [0.15, 0.2) is 53.6 Å². The molecule has 2 heterocycles. The number of aryl methyl sites for hydroxylation is 1. The Balaban J connectivity index is 2.00. The van der Waals surface area contributed by atoms with Gasteiger partial charge in [-0.05, 0) is 62.7 Å². The topological polar surface area (TPSA) is 118 Å². The molecular weight excluding hydrogens is 419 g/mol. The molecule has 0 spiro atoms. The van der Waals surface area contributed by atoms with Crippen LogP contribution >= 0.6 is 0 Å². The van der Waals surface area contributed by atoms with E-state index in [1.165, 1.54) is 24.4 Å². The van der Waals surface area contributed by atoms with Gasteiger partial charge in [0.15, 0.2) is 15.7 Å². The highest BCUT2D eigenvalue weighted by Crippen LogP contribution is 2.37. The summed E-state index contributed by atoms with van der Waals surface area (Å²) in [4.78, 5) is 10.3.